The quantitative estimate of drug-likeness (QED) is 0.401. The average Bonchev–Trinajstić information content (AvgIpc) is 2.54. The highest BCUT2D eigenvalue weighted by atomic mass is 32.1. The molecule has 0 aliphatic carbocycles. The molecule has 0 aliphatic heterocycles. The summed E-state index contributed by atoms with van der Waals surface area (Å²) < 4.78 is 0.368. The van der Waals surface area contributed by atoms with Gasteiger partial charge in [-0.05, 0) is 48.7 Å². The number of aldehydes is 1. The highest BCUT2D eigenvalue weighted by Crippen LogP contribution is 2.28. The SMILES string of the molecule is Cc1ccc(CNCC(C)C)cc1-c1[nH]c(N)nc(=S)c1/C=C/C=O. The van der Waals surface area contributed by atoms with Gasteiger partial charge >= 0.3 is 0 Å². The van der Waals surface area contributed by atoms with Crippen LogP contribution in [-0.2, 0) is 11.3 Å². The van der Waals surface area contributed by atoms with Crippen LogP contribution < -0.4 is 11.1 Å². The van der Waals surface area contributed by atoms with Crippen molar-refractivity contribution in [3.8, 4) is 11.3 Å². The van der Waals surface area contributed by atoms with E-state index in [0.29, 0.717) is 22.4 Å². The molecule has 0 saturated carbocycles. The molecule has 0 unspecified atom stereocenters. The predicted molar refractivity (Wildman–Crippen MR) is 106 cm³/mol. The number of carbonyl (C=O) groups is 1. The lowest BCUT2D eigenvalue weighted by atomic mass is 9.99. The van der Waals surface area contributed by atoms with Gasteiger partial charge in [0.25, 0.3) is 0 Å². The summed E-state index contributed by atoms with van der Waals surface area (Å²) >= 11 is 5.32. The van der Waals surface area contributed by atoms with Gasteiger partial charge in [-0.3, -0.25) is 4.79 Å². The molecule has 5 nitrogen and oxygen atoms in total. The second-order valence-electron chi connectivity index (χ2n) is 6.39. The highest BCUT2D eigenvalue weighted by Gasteiger charge is 2.11. The molecule has 0 atom stereocenters. The fraction of sp³-hybridized carbons (Fsp3) is 0.316. The number of benzene rings is 1. The number of nitrogen functional groups attached to an aromatic ring is 1. The van der Waals surface area contributed by atoms with E-state index in [1.54, 1.807) is 6.08 Å². The third-order valence-electron chi connectivity index (χ3n) is 3.77. The first kappa shape index (κ1) is 19.0. The summed E-state index contributed by atoms with van der Waals surface area (Å²) in [6.07, 6.45) is 3.79. The van der Waals surface area contributed by atoms with Crippen LogP contribution in [0, 0.1) is 17.5 Å². The molecule has 2 rings (SSSR count). The topological polar surface area (TPSA) is 83.8 Å². The number of anilines is 1. The van der Waals surface area contributed by atoms with Gasteiger partial charge in [-0.25, -0.2) is 4.98 Å². The van der Waals surface area contributed by atoms with Crippen molar-refractivity contribution in [2.45, 2.75) is 27.3 Å². The molecular weight excluding hydrogens is 332 g/mol. The lowest BCUT2D eigenvalue weighted by Gasteiger charge is -2.14. The number of allylic oxidation sites excluding steroid dienone is 1. The van der Waals surface area contributed by atoms with Crippen LogP contribution in [0.1, 0.15) is 30.5 Å². The van der Waals surface area contributed by atoms with Gasteiger partial charge < -0.3 is 16.0 Å². The average molecular weight is 356 g/mol. The van der Waals surface area contributed by atoms with Crippen molar-refractivity contribution in [3.63, 3.8) is 0 Å². The molecule has 0 radical (unpaired) electrons. The van der Waals surface area contributed by atoms with Crippen molar-refractivity contribution >= 4 is 30.5 Å². The van der Waals surface area contributed by atoms with Crippen molar-refractivity contribution in [1.29, 1.82) is 0 Å². The van der Waals surface area contributed by atoms with Crippen molar-refractivity contribution in [1.82, 2.24) is 15.3 Å². The summed E-state index contributed by atoms with van der Waals surface area (Å²) in [5, 5.41) is 3.44. The molecule has 0 amide bonds. The van der Waals surface area contributed by atoms with Gasteiger partial charge in [0.15, 0.2) is 5.95 Å². The first-order valence-corrected chi connectivity index (χ1v) is 8.65. The number of aromatic nitrogens is 2. The van der Waals surface area contributed by atoms with Crippen LogP contribution in [-0.4, -0.2) is 22.8 Å². The number of carbonyl (C=O) groups excluding carboxylic acids is 1. The third-order valence-corrected chi connectivity index (χ3v) is 4.08. The second kappa shape index (κ2) is 8.69. The van der Waals surface area contributed by atoms with E-state index in [-0.39, 0.29) is 5.95 Å². The van der Waals surface area contributed by atoms with E-state index in [1.807, 2.05) is 6.92 Å². The third kappa shape index (κ3) is 5.08. The summed E-state index contributed by atoms with van der Waals surface area (Å²) in [5.41, 5.74) is 10.6. The Morgan fingerprint density at radius 1 is 1.40 bits per heavy atom. The number of aromatic amines is 1. The maximum Gasteiger partial charge on any atom is 0.199 e. The first-order chi connectivity index (χ1) is 11.9. The minimum Gasteiger partial charge on any atom is -0.369 e. The molecular formula is C19H24N4OS. The Kier molecular flexibility index (Phi) is 6.61. The molecule has 0 saturated heterocycles. The molecule has 1 heterocycles. The maximum atomic E-state index is 10.7. The number of nitrogens with zero attached hydrogens (tertiary/aromatic N) is 1. The molecule has 132 valence electrons. The van der Waals surface area contributed by atoms with E-state index in [9.17, 15) is 4.79 Å². The highest BCUT2D eigenvalue weighted by molar-refractivity contribution is 7.71. The molecule has 0 spiro atoms. The number of hydrogen-bond acceptors (Lipinski definition) is 5. The summed E-state index contributed by atoms with van der Waals surface area (Å²) in [4.78, 5) is 17.9. The van der Waals surface area contributed by atoms with E-state index in [0.717, 1.165) is 29.9 Å². The number of hydrogen-bond donors (Lipinski definition) is 3. The van der Waals surface area contributed by atoms with Gasteiger partial charge in [-0.2, -0.15) is 0 Å². The molecule has 1 aromatic heterocycles. The van der Waals surface area contributed by atoms with E-state index >= 15 is 0 Å². The Morgan fingerprint density at radius 2 is 2.16 bits per heavy atom. The van der Waals surface area contributed by atoms with Gasteiger partial charge in [0.2, 0.25) is 0 Å². The summed E-state index contributed by atoms with van der Waals surface area (Å²) in [5.74, 6) is 0.854. The van der Waals surface area contributed by atoms with Crippen LogP contribution in [0.25, 0.3) is 17.3 Å². The lowest BCUT2D eigenvalue weighted by Crippen LogP contribution is -2.19. The van der Waals surface area contributed by atoms with Crippen LogP contribution in [0.4, 0.5) is 5.95 Å². The van der Waals surface area contributed by atoms with E-state index in [1.165, 1.54) is 11.6 Å². The summed E-state index contributed by atoms with van der Waals surface area (Å²) in [6, 6.07) is 6.29. The van der Waals surface area contributed by atoms with Gasteiger partial charge in [0.05, 0.1) is 5.69 Å². The zero-order chi connectivity index (χ0) is 18.4. The number of nitrogens with two attached hydrogens (primary N) is 1. The minimum atomic E-state index is 0.256. The molecule has 1 aromatic carbocycles. The number of aryl methyl sites for hydroxylation is 1. The fourth-order valence-corrected chi connectivity index (χ4v) is 2.82. The monoisotopic (exact) mass is 356 g/mol. The van der Waals surface area contributed by atoms with Crippen molar-refractivity contribution in [2.75, 3.05) is 12.3 Å². The zero-order valence-electron chi connectivity index (χ0n) is 14.8. The van der Waals surface area contributed by atoms with Gasteiger partial charge in [0.1, 0.15) is 10.9 Å². The van der Waals surface area contributed by atoms with Crippen LogP contribution in [0.2, 0.25) is 0 Å². The smallest absolute Gasteiger partial charge is 0.199 e. The van der Waals surface area contributed by atoms with Crippen molar-refractivity contribution in [2.24, 2.45) is 5.92 Å². The summed E-state index contributed by atoms with van der Waals surface area (Å²) in [7, 11) is 0. The molecule has 25 heavy (non-hydrogen) atoms. The normalized spacial score (nSPS) is 11.4. The number of nitrogens with one attached hydrogen (secondary N) is 2. The Morgan fingerprint density at radius 3 is 2.84 bits per heavy atom. The fourth-order valence-electron chi connectivity index (χ4n) is 2.56. The van der Waals surface area contributed by atoms with Crippen LogP contribution in [0.15, 0.2) is 24.3 Å². The number of H-pyrrole nitrogens is 1. The van der Waals surface area contributed by atoms with Crippen LogP contribution >= 0.6 is 12.2 Å². The molecule has 4 N–H and O–H groups in total. The maximum absolute atomic E-state index is 10.7. The van der Waals surface area contributed by atoms with Crippen LogP contribution in [0.5, 0.6) is 0 Å². The Balaban J connectivity index is 2.48. The van der Waals surface area contributed by atoms with Gasteiger partial charge in [-0.15, -0.1) is 0 Å². The predicted octanol–water partition coefficient (Wildman–Crippen LogP) is 3.65. The number of rotatable bonds is 7. The van der Waals surface area contributed by atoms with Gasteiger partial charge in [0, 0.05) is 17.7 Å². The van der Waals surface area contributed by atoms with Crippen molar-refractivity contribution < 1.29 is 4.79 Å². The van der Waals surface area contributed by atoms with E-state index in [4.69, 9.17) is 18.0 Å². The standard InChI is InChI=1S/C19H24N4OS/c1-12(2)10-21-11-14-7-6-13(3)16(9-14)17-15(5-4-8-24)18(25)23-19(20)22-17/h4-9,12,21H,10-11H2,1-3H3,(H3,20,22,23,25)/b5-4+. The Hall–Kier alpha value is -2.31. The zero-order valence-corrected chi connectivity index (χ0v) is 15.6. The molecule has 0 bridgehead atoms. The largest absolute Gasteiger partial charge is 0.369 e. The molecule has 6 heteroatoms. The van der Waals surface area contributed by atoms with Crippen molar-refractivity contribution in [3.05, 3.63) is 45.6 Å². The second-order valence-corrected chi connectivity index (χ2v) is 6.77. The van der Waals surface area contributed by atoms with E-state index < -0.39 is 0 Å². The summed E-state index contributed by atoms with van der Waals surface area (Å²) in [6.45, 7) is 8.13. The molecule has 0 aliphatic rings. The Labute approximate surface area is 153 Å². The molecule has 2 aromatic rings. The van der Waals surface area contributed by atoms with Gasteiger partial charge in [-0.1, -0.05) is 38.2 Å². The van der Waals surface area contributed by atoms with Crippen LogP contribution in [0.3, 0.4) is 0 Å². The minimum absolute atomic E-state index is 0.256. The van der Waals surface area contributed by atoms with E-state index in [2.05, 4.69) is 47.3 Å². The first-order valence-electron chi connectivity index (χ1n) is 8.24. The lowest BCUT2D eigenvalue weighted by molar-refractivity contribution is -0.104. The molecule has 0 fully saturated rings. The Bertz CT molecular complexity index is 840.